The van der Waals surface area contributed by atoms with Crippen molar-refractivity contribution in [2.45, 2.75) is 4.90 Å². The van der Waals surface area contributed by atoms with Crippen molar-refractivity contribution in [2.24, 2.45) is 0 Å². The number of methoxy groups -OCH3 is 1. The van der Waals surface area contributed by atoms with Crippen molar-refractivity contribution < 1.29 is 32.7 Å². The minimum Gasteiger partial charge on any atom is -0.497 e. The zero-order chi connectivity index (χ0) is 16.4. The minimum atomic E-state index is -4.49. The Hall–Kier alpha value is -1.67. The largest absolute Gasteiger partial charge is 0.497 e. The fraction of sp³-hybridized carbons (Fsp3) is 0.0625. The van der Waals surface area contributed by atoms with Gasteiger partial charge >= 0.3 is 0 Å². The Morgan fingerprint density at radius 2 is 1.65 bits per heavy atom. The Morgan fingerprint density at radius 1 is 0.957 bits per heavy atom. The second-order valence-electron chi connectivity index (χ2n) is 4.68. The molecule has 5 nitrogen and oxygen atoms in total. The van der Waals surface area contributed by atoms with Crippen molar-refractivity contribution in [3.63, 3.8) is 0 Å². The first kappa shape index (κ1) is 16.2. The number of hydrogen-bond donors (Lipinski definition) is 0. The van der Waals surface area contributed by atoms with Crippen LogP contribution in [0.15, 0.2) is 59.5 Å². The van der Waals surface area contributed by atoms with Crippen LogP contribution >= 0.6 is 10.8 Å². The summed E-state index contributed by atoms with van der Waals surface area (Å²) in [6.07, 6.45) is 1.77. The van der Waals surface area contributed by atoms with Gasteiger partial charge in [-0.3, -0.25) is 0 Å². The number of allylic oxidation sites excluding steroid dienone is 1. The lowest BCUT2D eigenvalue weighted by atomic mass is 9.97. The minimum absolute atomic E-state index is 0.660. The Labute approximate surface area is 138 Å². The van der Waals surface area contributed by atoms with E-state index >= 15 is 0 Å². The summed E-state index contributed by atoms with van der Waals surface area (Å²) < 4.78 is 42.4. The van der Waals surface area contributed by atoms with Crippen LogP contribution < -0.4 is 18.7 Å². The van der Waals surface area contributed by atoms with Gasteiger partial charge in [0, 0.05) is 5.37 Å². The van der Waals surface area contributed by atoms with Crippen LogP contribution in [0.1, 0.15) is 11.1 Å². The molecule has 1 unspecified atom stereocenters. The van der Waals surface area contributed by atoms with Gasteiger partial charge in [0.25, 0.3) is 0 Å². The van der Waals surface area contributed by atoms with Gasteiger partial charge in [-0.25, -0.2) is 0 Å². The molecule has 2 aromatic rings. The van der Waals surface area contributed by atoms with Gasteiger partial charge in [-0.15, -0.1) is 0 Å². The molecule has 0 N–H and O–H groups in total. The average Bonchev–Trinajstić information content (AvgIpc) is 2.54. The van der Waals surface area contributed by atoms with Crippen LogP contribution in [0.3, 0.4) is 0 Å². The molecular weight excluding hydrogens is 340 g/mol. The van der Waals surface area contributed by atoms with Gasteiger partial charge in [0.1, 0.15) is 20.3 Å². The average molecular weight is 353 g/mol. The summed E-state index contributed by atoms with van der Waals surface area (Å²) in [5.74, 6) is 0.752. The van der Waals surface area contributed by atoms with E-state index < -0.39 is 21.0 Å². The smallest absolute Gasteiger partial charge is 0.141 e. The Bertz CT molecular complexity index is 778. The molecule has 0 amide bonds. The van der Waals surface area contributed by atoms with E-state index in [2.05, 4.69) is 3.74 Å². The number of fused-ring (bicyclic) bond motifs is 1. The summed E-state index contributed by atoms with van der Waals surface area (Å²) in [5, 5.41) is 1.59. The third kappa shape index (κ3) is 3.64. The van der Waals surface area contributed by atoms with Crippen LogP contribution in [0, 0.1) is 10.2 Å². The molecule has 0 bridgehead atoms. The molecular formula is C16H13ClO5S. The molecule has 120 valence electrons. The summed E-state index contributed by atoms with van der Waals surface area (Å²) in [6, 6.07) is 14.8. The molecule has 0 spiro atoms. The fourth-order valence-corrected chi connectivity index (χ4v) is 4.44. The normalized spacial score (nSPS) is 17.0. The highest BCUT2D eigenvalue weighted by Gasteiger charge is 2.27. The number of ether oxygens (including phenoxy) is 1. The topological polar surface area (TPSA) is 87.6 Å². The predicted octanol–water partition coefficient (Wildman–Crippen LogP) is 0.399. The molecule has 0 aromatic heterocycles. The number of rotatable bonds is 4. The highest BCUT2D eigenvalue weighted by molar-refractivity contribution is 8.11. The highest BCUT2D eigenvalue weighted by Crippen LogP contribution is 2.41. The zero-order valence-electron chi connectivity index (χ0n) is 12.1. The molecule has 1 aliphatic rings. The van der Waals surface area contributed by atoms with Crippen LogP contribution in [0.5, 0.6) is 5.75 Å². The van der Waals surface area contributed by atoms with Gasteiger partial charge in [-0.1, -0.05) is 30.3 Å². The van der Waals surface area contributed by atoms with E-state index in [0.29, 0.717) is 4.90 Å². The van der Waals surface area contributed by atoms with Crippen molar-refractivity contribution in [2.75, 3.05) is 7.11 Å². The third-order valence-corrected chi connectivity index (χ3v) is 5.63. The van der Waals surface area contributed by atoms with Crippen LogP contribution in [0.25, 0.3) is 5.57 Å². The van der Waals surface area contributed by atoms with Gasteiger partial charge in [0.05, 0.1) is 22.2 Å². The number of hydrogen-bond acceptors (Lipinski definition) is 5. The fourth-order valence-electron chi connectivity index (χ4n) is 2.32. The van der Waals surface area contributed by atoms with Crippen LogP contribution in [0.2, 0.25) is 0 Å². The second-order valence-corrected chi connectivity index (χ2v) is 7.25. The van der Waals surface area contributed by atoms with Crippen molar-refractivity contribution >= 4 is 21.7 Å². The van der Waals surface area contributed by atoms with E-state index in [1.165, 1.54) is 0 Å². The quantitative estimate of drug-likeness (QED) is 0.743. The molecule has 1 aliphatic heterocycles. The van der Waals surface area contributed by atoms with Gasteiger partial charge in [0.2, 0.25) is 0 Å². The first-order valence-corrected chi connectivity index (χ1v) is 9.05. The van der Waals surface area contributed by atoms with Gasteiger partial charge in [-0.2, -0.15) is 14.0 Å². The lowest BCUT2D eigenvalue weighted by molar-refractivity contribution is -1.91. The van der Waals surface area contributed by atoms with Crippen molar-refractivity contribution in [1.29, 1.82) is 0 Å². The molecule has 1 heterocycles. The molecule has 3 rings (SSSR count). The summed E-state index contributed by atoms with van der Waals surface area (Å²) >= 11 is 0. The Morgan fingerprint density at radius 3 is 2.30 bits per heavy atom. The molecule has 23 heavy (non-hydrogen) atoms. The molecule has 0 fully saturated rings. The van der Waals surface area contributed by atoms with E-state index in [0.717, 1.165) is 22.4 Å². The first-order chi connectivity index (χ1) is 11.0. The van der Waals surface area contributed by atoms with E-state index in [1.807, 2.05) is 36.4 Å². The van der Waals surface area contributed by atoms with Crippen molar-refractivity contribution in [3.8, 4) is 5.75 Å². The maximum atomic E-state index is 10.9. The second kappa shape index (κ2) is 6.45. The molecule has 2 aromatic carbocycles. The van der Waals surface area contributed by atoms with E-state index in [4.69, 9.17) is 4.74 Å². The van der Waals surface area contributed by atoms with Gasteiger partial charge in [0.15, 0.2) is 0 Å². The Balaban J connectivity index is 2.05. The predicted molar refractivity (Wildman–Crippen MR) is 79.5 cm³/mol. The lowest BCUT2D eigenvalue weighted by Crippen LogP contribution is -2.60. The highest BCUT2D eigenvalue weighted by atomic mass is 35.7. The van der Waals surface area contributed by atoms with Crippen LogP contribution in [-0.4, -0.2) is 12.5 Å². The number of benzene rings is 2. The molecule has 0 saturated heterocycles. The van der Waals surface area contributed by atoms with Crippen LogP contribution in [0.4, 0.5) is 0 Å². The van der Waals surface area contributed by atoms with Gasteiger partial charge < -0.3 is 4.74 Å². The molecule has 0 radical (unpaired) electrons. The summed E-state index contributed by atoms with van der Waals surface area (Å²) in [7, 11) is -4.12. The monoisotopic (exact) mass is 352 g/mol. The Kier molecular flexibility index (Phi) is 4.54. The molecule has 7 heteroatoms. The van der Waals surface area contributed by atoms with Gasteiger partial charge in [-0.05, 0) is 41.0 Å². The van der Waals surface area contributed by atoms with Crippen molar-refractivity contribution in [1.82, 2.24) is 0 Å². The maximum absolute atomic E-state index is 10.9. The molecule has 0 aliphatic carbocycles. The summed E-state index contributed by atoms with van der Waals surface area (Å²) in [5.41, 5.74) is 2.72. The maximum Gasteiger partial charge on any atom is 0.141 e. The van der Waals surface area contributed by atoms with E-state index in [-0.39, 0.29) is 0 Å². The summed E-state index contributed by atoms with van der Waals surface area (Å²) in [4.78, 5) is 0.660. The lowest BCUT2D eigenvalue weighted by Gasteiger charge is -2.19. The number of halogens is 1. The third-order valence-electron chi connectivity index (χ3n) is 3.30. The first-order valence-electron chi connectivity index (χ1n) is 6.61. The van der Waals surface area contributed by atoms with Crippen LogP contribution in [-0.2, 0) is 3.74 Å². The summed E-state index contributed by atoms with van der Waals surface area (Å²) in [6.45, 7) is 0. The SMILES string of the molecule is COc1ccc(C2=CC=S(O[Cl+3]([O-])([O-])[O-])c3ccccc32)cc1. The zero-order valence-corrected chi connectivity index (χ0v) is 13.7. The molecule has 1 atom stereocenters. The molecule has 0 saturated carbocycles. The van der Waals surface area contributed by atoms with E-state index in [9.17, 15) is 14.0 Å². The van der Waals surface area contributed by atoms with Crippen molar-refractivity contribution in [3.05, 3.63) is 65.7 Å². The standard InChI is InChI=1S/C16H13ClO5S/c1-21-13-8-6-12(7-9-13)14-10-11-23(22-17(18,19)20)16-5-3-2-4-15(14)16/h2-11H,1H3. The van der Waals surface area contributed by atoms with E-state index in [1.54, 1.807) is 30.7 Å².